The van der Waals surface area contributed by atoms with Crippen LogP contribution in [0.3, 0.4) is 0 Å². The third-order valence-electron chi connectivity index (χ3n) is 4.74. The van der Waals surface area contributed by atoms with Gasteiger partial charge in [-0.2, -0.15) is 0 Å². The van der Waals surface area contributed by atoms with Crippen LogP contribution in [-0.2, 0) is 14.3 Å². The number of carbonyl (C=O) groups excluding carboxylic acids is 2. The summed E-state index contributed by atoms with van der Waals surface area (Å²) < 4.78 is 10.5. The van der Waals surface area contributed by atoms with Crippen LogP contribution in [0.15, 0.2) is 66.8 Å². The molecule has 1 amide bonds. The number of ether oxygens (including phenoxy) is 2. The third kappa shape index (κ3) is 4.40. The molecule has 0 spiro atoms. The van der Waals surface area contributed by atoms with Crippen LogP contribution in [0.5, 0.6) is 5.75 Å². The van der Waals surface area contributed by atoms with Crippen molar-refractivity contribution in [3.8, 4) is 5.75 Å². The zero-order valence-electron chi connectivity index (χ0n) is 16.5. The zero-order valence-corrected chi connectivity index (χ0v) is 17.3. The Balaban J connectivity index is 2.07. The monoisotopic (exact) mass is 427 g/mol. The van der Waals surface area contributed by atoms with E-state index in [0.717, 1.165) is 0 Å². The van der Waals surface area contributed by atoms with E-state index in [1.807, 2.05) is 0 Å². The van der Waals surface area contributed by atoms with Crippen LogP contribution in [-0.4, -0.2) is 48.6 Å². The Morgan fingerprint density at radius 1 is 1.23 bits per heavy atom. The second-order valence-electron chi connectivity index (χ2n) is 6.66. The second kappa shape index (κ2) is 9.61. The number of aliphatic hydroxyl groups excluding tert-OH is 1. The number of Topliss-reactive ketones (excluding diaryl/α,β-unsaturated/α-hetero) is 1. The molecule has 0 bridgehead atoms. The first-order chi connectivity index (χ1) is 14.5. The molecule has 30 heavy (non-hydrogen) atoms. The molecule has 1 N–H and O–H groups in total. The number of amides is 1. The van der Waals surface area contributed by atoms with E-state index >= 15 is 0 Å². The predicted octanol–water partition coefficient (Wildman–Crippen LogP) is 3.97. The van der Waals surface area contributed by atoms with Gasteiger partial charge >= 0.3 is 0 Å². The summed E-state index contributed by atoms with van der Waals surface area (Å²) in [6, 6.07) is 12.7. The van der Waals surface area contributed by atoms with Crippen LogP contribution in [0.2, 0.25) is 5.02 Å². The fourth-order valence-electron chi connectivity index (χ4n) is 3.34. The summed E-state index contributed by atoms with van der Waals surface area (Å²) in [5, 5.41) is 11.4. The highest BCUT2D eigenvalue weighted by Crippen LogP contribution is 2.39. The summed E-state index contributed by atoms with van der Waals surface area (Å²) in [4.78, 5) is 27.0. The van der Waals surface area contributed by atoms with Gasteiger partial charge in [-0.3, -0.25) is 9.59 Å². The molecule has 1 heterocycles. The smallest absolute Gasteiger partial charge is 0.295 e. The molecule has 0 unspecified atom stereocenters. The van der Waals surface area contributed by atoms with Gasteiger partial charge in [0.25, 0.3) is 11.7 Å². The summed E-state index contributed by atoms with van der Waals surface area (Å²) in [7, 11) is 1.51. The van der Waals surface area contributed by atoms with Crippen molar-refractivity contribution in [2.24, 2.45) is 0 Å². The van der Waals surface area contributed by atoms with Gasteiger partial charge in [0.1, 0.15) is 18.1 Å². The third-order valence-corrected chi connectivity index (χ3v) is 4.97. The van der Waals surface area contributed by atoms with Gasteiger partial charge in [-0.05, 0) is 42.0 Å². The Morgan fingerprint density at radius 3 is 2.60 bits per heavy atom. The highest BCUT2D eigenvalue weighted by Gasteiger charge is 2.45. The average molecular weight is 428 g/mol. The van der Waals surface area contributed by atoms with Crippen LogP contribution >= 0.6 is 11.6 Å². The van der Waals surface area contributed by atoms with Gasteiger partial charge in [-0.25, -0.2) is 0 Å². The van der Waals surface area contributed by atoms with Gasteiger partial charge < -0.3 is 19.5 Å². The SMILES string of the molecule is C=CCOc1ccc(C(O)=C2C(=O)C(=O)N(CCOC)[C@H]2c2cccc(Cl)c2)cc1. The van der Waals surface area contributed by atoms with Gasteiger partial charge in [-0.15, -0.1) is 0 Å². The lowest BCUT2D eigenvalue weighted by Crippen LogP contribution is -2.32. The van der Waals surface area contributed by atoms with E-state index in [1.54, 1.807) is 54.6 Å². The lowest BCUT2D eigenvalue weighted by Gasteiger charge is -2.25. The van der Waals surface area contributed by atoms with Crippen molar-refractivity contribution in [1.82, 2.24) is 4.90 Å². The molecule has 0 saturated carbocycles. The summed E-state index contributed by atoms with van der Waals surface area (Å²) in [6.45, 7) is 4.40. The Kier molecular flexibility index (Phi) is 6.92. The normalized spacial score (nSPS) is 17.9. The minimum Gasteiger partial charge on any atom is -0.507 e. The number of rotatable bonds is 8. The van der Waals surface area contributed by atoms with E-state index in [-0.39, 0.29) is 24.5 Å². The summed E-state index contributed by atoms with van der Waals surface area (Å²) >= 11 is 6.14. The summed E-state index contributed by atoms with van der Waals surface area (Å²) in [5.74, 6) is -1.10. The second-order valence-corrected chi connectivity index (χ2v) is 7.10. The molecule has 6 nitrogen and oxygen atoms in total. The van der Waals surface area contributed by atoms with Gasteiger partial charge in [0.2, 0.25) is 0 Å². The standard InChI is InChI=1S/C23H22ClNO5/c1-3-12-30-18-9-7-15(8-10-18)21(26)19-20(16-5-4-6-17(24)14-16)25(11-13-29-2)23(28)22(19)27/h3-10,14,20,26H,1,11-13H2,2H3/t20-/m0/s1. The summed E-state index contributed by atoms with van der Waals surface area (Å²) in [6.07, 6.45) is 1.63. The van der Waals surface area contributed by atoms with E-state index in [1.165, 1.54) is 12.0 Å². The van der Waals surface area contributed by atoms with Crippen LogP contribution in [0.1, 0.15) is 17.2 Å². The molecule has 3 rings (SSSR count). The van der Waals surface area contributed by atoms with Crippen molar-refractivity contribution in [2.75, 3.05) is 26.9 Å². The largest absolute Gasteiger partial charge is 0.507 e. The lowest BCUT2D eigenvalue weighted by molar-refractivity contribution is -0.140. The van der Waals surface area contributed by atoms with Gasteiger partial charge in [0.05, 0.1) is 18.2 Å². The zero-order chi connectivity index (χ0) is 21.7. The Morgan fingerprint density at radius 2 is 1.97 bits per heavy atom. The molecule has 2 aromatic carbocycles. The molecule has 0 radical (unpaired) electrons. The van der Waals surface area contributed by atoms with E-state index < -0.39 is 17.7 Å². The topological polar surface area (TPSA) is 76.1 Å². The number of hydrogen-bond acceptors (Lipinski definition) is 5. The lowest BCUT2D eigenvalue weighted by atomic mass is 9.95. The Bertz CT molecular complexity index is 983. The fraction of sp³-hybridized carbons (Fsp3) is 0.217. The highest BCUT2D eigenvalue weighted by atomic mass is 35.5. The first kappa shape index (κ1) is 21.6. The minimum atomic E-state index is -0.768. The maximum atomic E-state index is 12.9. The van der Waals surface area contributed by atoms with Gasteiger partial charge in [-0.1, -0.05) is 36.4 Å². The number of ketones is 1. The molecular weight excluding hydrogens is 406 g/mol. The van der Waals surface area contributed by atoms with Crippen LogP contribution < -0.4 is 4.74 Å². The molecule has 0 aliphatic carbocycles. The number of methoxy groups -OCH3 is 1. The number of likely N-dealkylation sites (tertiary alicyclic amines) is 1. The highest BCUT2D eigenvalue weighted by molar-refractivity contribution is 6.46. The van der Waals surface area contributed by atoms with Crippen molar-refractivity contribution >= 4 is 29.1 Å². The summed E-state index contributed by atoms with van der Waals surface area (Å²) in [5.41, 5.74) is 1.04. The average Bonchev–Trinajstić information content (AvgIpc) is 3.01. The van der Waals surface area contributed by atoms with Crippen LogP contribution in [0.4, 0.5) is 0 Å². The van der Waals surface area contributed by atoms with E-state index in [0.29, 0.717) is 28.5 Å². The van der Waals surface area contributed by atoms with Crippen LogP contribution in [0, 0.1) is 0 Å². The molecule has 2 aromatic rings. The number of nitrogens with zero attached hydrogens (tertiary/aromatic N) is 1. The maximum absolute atomic E-state index is 12.9. The molecule has 156 valence electrons. The number of benzene rings is 2. The van der Waals surface area contributed by atoms with E-state index in [4.69, 9.17) is 21.1 Å². The van der Waals surface area contributed by atoms with Crippen molar-refractivity contribution in [2.45, 2.75) is 6.04 Å². The number of aliphatic hydroxyl groups is 1. The Labute approximate surface area is 180 Å². The van der Waals surface area contributed by atoms with Crippen molar-refractivity contribution in [3.63, 3.8) is 0 Å². The molecule has 1 saturated heterocycles. The van der Waals surface area contributed by atoms with Crippen molar-refractivity contribution < 1.29 is 24.2 Å². The molecule has 1 atom stereocenters. The first-order valence-electron chi connectivity index (χ1n) is 9.35. The van der Waals surface area contributed by atoms with Crippen molar-refractivity contribution in [1.29, 1.82) is 0 Å². The molecule has 0 aromatic heterocycles. The van der Waals surface area contributed by atoms with Crippen molar-refractivity contribution in [3.05, 3.63) is 82.9 Å². The molecular formula is C23H22ClNO5. The van der Waals surface area contributed by atoms with E-state index in [2.05, 4.69) is 6.58 Å². The maximum Gasteiger partial charge on any atom is 0.295 e. The van der Waals surface area contributed by atoms with Crippen LogP contribution in [0.25, 0.3) is 5.76 Å². The molecule has 1 aliphatic heterocycles. The predicted molar refractivity (Wildman–Crippen MR) is 114 cm³/mol. The molecule has 1 fully saturated rings. The van der Waals surface area contributed by atoms with E-state index in [9.17, 15) is 14.7 Å². The molecule has 7 heteroatoms. The molecule has 1 aliphatic rings. The fourth-order valence-corrected chi connectivity index (χ4v) is 3.54. The van der Waals surface area contributed by atoms with Gasteiger partial charge in [0, 0.05) is 24.2 Å². The Hall–Kier alpha value is -3.09. The number of halogens is 1. The van der Waals surface area contributed by atoms with Gasteiger partial charge in [0.15, 0.2) is 0 Å². The number of carbonyl (C=O) groups is 2. The number of hydrogen-bond donors (Lipinski definition) is 1. The first-order valence-corrected chi connectivity index (χ1v) is 9.72. The quantitative estimate of drug-likeness (QED) is 0.298. The minimum absolute atomic E-state index is 0.0122.